The van der Waals surface area contributed by atoms with Gasteiger partial charge in [0, 0.05) is 24.1 Å². The van der Waals surface area contributed by atoms with E-state index in [2.05, 4.69) is 41.2 Å². The number of nitrogens with one attached hydrogen (secondary N) is 1. The average molecular weight is 318 g/mol. The van der Waals surface area contributed by atoms with Crippen molar-refractivity contribution < 1.29 is 4.74 Å². The van der Waals surface area contributed by atoms with Crippen LogP contribution in [0.2, 0.25) is 0 Å². The quantitative estimate of drug-likeness (QED) is 0.909. The molecule has 0 aliphatic carbocycles. The first-order valence-corrected chi connectivity index (χ1v) is 7.90. The second-order valence-corrected chi connectivity index (χ2v) is 7.18. The van der Waals surface area contributed by atoms with E-state index in [1.807, 2.05) is 11.3 Å². The average Bonchev–Trinajstić information content (AvgIpc) is 2.66. The number of hydrogen-bond donors (Lipinski definition) is 1. The molecule has 2 heterocycles. The smallest absolute Gasteiger partial charge is 0.0704 e. The lowest BCUT2D eigenvalue weighted by molar-refractivity contribution is 0.0538. The van der Waals surface area contributed by atoms with Gasteiger partial charge >= 0.3 is 0 Å². The molecule has 1 N–H and O–H groups in total. The van der Waals surface area contributed by atoms with E-state index in [9.17, 15) is 0 Å². The van der Waals surface area contributed by atoms with Crippen molar-refractivity contribution >= 4 is 27.3 Å². The minimum absolute atomic E-state index is 0.492. The summed E-state index contributed by atoms with van der Waals surface area (Å²) in [6, 6.07) is 2.77. The molecule has 0 radical (unpaired) electrons. The molecular weight excluding hydrogens is 298 g/mol. The molecule has 1 atom stereocenters. The highest BCUT2D eigenvalue weighted by Gasteiger charge is 2.26. The first kappa shape index (κ1) is 13.5. The summed E-state index contributed by atoms with van der Waals surface area (Å²) in [6.45, 7) is 7.25. The van der Waals surface area contributed by atoms with Crippen LogP contribution in [-0.2, 0) is 4.74 Å². The Morgan fingerprint density at radius 2 is 2.24 bits per heavy atom. The molecule has 0 saturated carbocycles. The van der Waals surface area contributed by atoms with Crippen LogP contribution in [-0.4, -0.2) is 19.8 Å². The van der Waals surface area contributed by atoms with E-state index in [0.29, 0.717) is 12.0 Å². The summed E-state index contributed by atoms with van der Waals surface area (Å²) in [7, 11) is 0. The molecule has 4 heteroatoms. The van der Waals surface area contributed by atoms with Crippen LogP contribution in [0.25, 0.3) is 0 Å². The molecule has 1 aromatic heterocycles. The van der Waals surface area contributed by atoms with Crippen molar-refractivity contribution in [2.24, 2.45) is 5.92 Å². The highest BCUT2D eigenvalue weighted by atomic mass is 79.9. The Labute approximate surface area is 116 Å². The summed E-state index contributed by atoms with van der Waals surface area (Å²) < 4.78 is 6.70. The van der Waals surface area contributed by atoms with Crippen molar-refractivity contribution in [2.75, 3.05) is 19.8 Å². The standard InChI is InChI=1S/C13H20BrNOS/c1-3-15-13(10-4-6-16-7-5-10)11-8-12(14)17-9(11)2/h8,10,13,15H,3-7H2,1-2H3. The Morgan fingerprint density at radius 3 is 2.76 bits per heavy atom. The maximum absolute atomic E-state index is 5.46. The lowest BCUT2D eigenvalue weighted by Gasteiger charge is -2.31. The summed E-state index contributed by atoms with van der Waals surface area (Å²) in [5.41, 5.74) is 1.47. The van der Waals surface area contributed by atoms with Crippen LogP contribution >= 0.6 is 27.3 Å². The molecule has 0 aromatic carbocycles. The topological polar surface area (TPSA) is 21.3 Å². The summed E-state index contributed by atoms with van der Waals surface area (Å²) in [4.78, 5) is 1.43. The molecule has 0 amide bonds. The van der Waals surface area contributed by atoms with Gasteiger partial charge in [-0.05, 0) is 59.8 Å². The van der Waals surface area contributed by atoms with Crippen LogP contribution in [0.4, 0.5) is 0 Å². The largest absolute Gasteiger partial charge is 0.381 e. The Morgan fingerprint density at radius 1 is 1.53 bits per heavy atom. The molecule has 1 aromatic rings. The molecule has 0 bridgehead atoms. The Kier molecular flexibility index (Phi) is 5.03. The molecule has 1 saturated heterocycles. The lowest BCUT2D eigenvalue weighted by atomic mass is 9.87. The van der Waals surface area contributed by atoms with Gasteiger partial charge in [-0.2, -0.15) is 0 Å². The van der Waals surface area contributed by atoms with Crippen molar-refractivity contribution in [3.63, 3.8) is 0 Å². The van der Waals surface area contributed by atoms with E-state index in [-0.39, 0.29) is 0 Å². The van der Waals surface area contributed by atoms with Crippen LogP contribution in [0, 0.1) is 12.8 Å². The Hall–Kier alpha value is 0.1000. The normalized spacial score (nSPS) is 19.5. The molecule has 17 heavy (non-hydrogen) atoms. The van der Waals surface area contributed by atoms with Crippen molar-refractivity contribution in [1.29, 1.82) is 0 Å². The number of rotatable bonds is 4. The highest BCUT2D eigenvalue weighted by Crippen LogP contribution is 2.37. The monoisotopic (exact) mass is 317 g/mol. The van der Waals surface area contributed by atoms with E-state index < -0.39 is 0 Å². The zero-order valence-electron chi connectivity index (χ0n) is 10.5. The second kappa shape index (κ2) is 6.32. The molecule has 0 spiro atoms. The highest BCUT2D eigenvalue weighted by molar-refractivity contribution is 9.11. The molecule has 2 nitrogen and oxygen atoms in total. The van der Waals surface area contributed by atoms with Crippen LogP contribution < -0.4 is 5.32 Å². The predicted octanol–water partition coefficient (Wildman–Crippen LogP) is 3.90. The fourth-order valence-electron chi connectivity index (χ4n) is 2.57. The molecule has 2 rings (SSSR count). The van der Waals surface area contributed by atoms with Gasteiger partial charge in [0.25, 0.3) is 0 Å². The summed E-state index contributed by atoms with van der Waals surface area (Å²) in [6.07, 6.45) is 2.34. The van der Waals surface area contributed by atoms with Gasteiger partial charge < -0.3 is 10.1 Å². The molecule has 96 valence electrons. The fraction of sp³-hybridized carbons (Fsp3) is 0.692. The van der Waals surface area contributed by atoms with Crippen molar-refractivity contribution in [1.82, 2.24) is 5.32 Å². The molecule has 1 aliphatic rings. The van der Waals surface area contributed by atoms with Crippen LogP contribution in [0.1, 0.15) is 36.2 Å². The zero-order chi connectivity index (χ0) is 12.3. The van der Waals surface area contributed by atoms with E-state index in [4.69, 9.17) is 4.74 Å². The van der Waals surface area contributed by atoms with E-state index in [1.54, 1.807) is 0 Å². The summed E-state index contributed by atoms with van der Waals surface area (Å²) >= 11 is 5.43. The summed E-state index contributed by atoms with van der Waals surface area (Å²) in [5, 5.41) is 3.65. The number of thiophene rings is 1. The Balaban J connectivity index is 2.18. The van der Waals surface area contributed by atoms with E-state index in [1.165, 1.54) is 27.1 Å². The van der Waals surface area contributed by atoms with Crippen molar-refractivity contribution in [3.05, 3.63) is 20.3 Å². The van der Waals surface area contributed by atoms with Crippen LogP contribution in [0.5, 0.6) is 0 Å². The van der Waals surface area contributed by atoms with Gasteiger partial charge in [-0.25, -0.2) is 0 Å². The van der Waals surface area contributed by atoms with E-state index >= 15 is 0 Å². The third-order valence-electron chi connectivity index (χ3n) is 3.42. The molecular formula is C13H20BrNOS. The number of aryl methyl sites for hydroxylation is 1. The van der Waals surface area contributed by atoms with Gasteiger partial charge in [-0.3, -0.25) is 0 Å². The minimum atomic E-state index is 0.492. The van der Waals surface area contributed by atoms with Crippen molar-refractivity contribution in [3.8, 4) is 0 Å². The first-order valence-electron chi connectivity index (χ1n) is 6.29. The fourth-order valence-corrected chi connectivity index (χ4v) is 4.32. The third-order valence-corrected chi connectivity index (χ3v) is 4.99. The van der Waals surface area contributed by atoms with Crippen LogP contribution in [0.15, 0.2) is 9.85 Å². The maximum atomic E-state index is 5.46. The molecule has 1 aliphatic heterocycles. The molecule has 1 unspecified atom stereocenters. The maximum Gasteiger partial charge on any atom is 0.0704 e. The molecule has 1 fully saturated rings. The zero-order valence-corrected chi connectivity index (χ0v) is 12.9. The van der Waals surface area contributed by atoms with E-state index in [0.717, 1.165) is 19.8 Å². The van der Waals surface area contributed by atoms with Gasteiger partial charge in [-0.1, -0.05) is 6.92 Å². The first-order chi connectivity index (χ1) is 8.22. The number of halogens is 1. The van der Waals surface area contributed by atoms with Gasteiger partial charge in [0.05, 0.1) is 3.79 Å². The third kappa shape index (κ3) is 3.31. The SMILES string of the molecule is CCNC(c1cc(Br)sc1C)C1CCOCC1. The van der Waals surface area contributed by atoms with Gasteiger partial charge in [-0.15, -0.1) is 11.3 Å². The van der Waals surface area contributed by atoms with Gasteiger partial charge in [0.15, 0.2) is 0 Å². The number of hydrogen-bond acceptors (Lipinski definition) is 3. The second-order valence-electron chi connectivity index (χ2n) is 4.55. The predicted molar refractivity (Wildman–Crippen MR) is 76.7 cm³/mol. The van der Waals surface area contributed by atoms with Gasteiger partial charge in [0.2, 0.25) is 0 Å². The van der Waals surface area contributed by atoms with Gasteiger partial charge in [0.1, 0.15) is 0 Å². The Bertz CT molecular complexity index is 360. The lowest BCUT2D eigenvalue weighted by Crippen LogP contribution is -2.32. The van der Waals surface area contributed by atoms with Crippen LogP contribution in [0.3, 0.4) is 0 Å². The summed E-state index contributed by atoms with van der Waals surface area (Å²) in [5.74, 6) is 0.712. The minimum Gasteiger partial charge on any atom is -0.381 e. The number of ether oxygens (including phenoxy) is 1. The van der Waals surface area contributed by atoms with Crippen molar-refractivity contribution in [2.45, 2.75) is 32.7 Å².